The summed E-state index contributed by atoms with van der Waals surface area (Å²) in [6.07, 6.45) is 0. The van der Waals surface area contributed by atoms with E-state index in [0.29, 0.717) is 5.56 Å². The van der Waals surface area contributed by atoms with Gasteiger partial charge in [-0.25, -0.2) is 10.7 Å². The Labute approximate surface area is 101 Å². The lowest BCUT2D eigenvalue weighted by Crippen LogP contribution is -2.28. The lowest BCUT2D eigenvalue weighted by atomic mass is 9.93. The number of nitrogens with zero attached hydrogens (tertiary/aromatic N) is 1. The summed E-state index contributed by atoms with van der Waals surface area (Å²) in [6, 6.07) is 0. The van der Waals surface area contributed by atoms with Crippen molar-refractivity contribution in [1.82, 2.24) is 4.57 Å². The number of hydrogen-bond acceptors (Lipinski definition) is 4. The van der Waals surface area contributed by atoms with E-state index in [1.165, 1.54) is 7.11 Å². The second kappa shape index (κ2) is 4.50. The molecular weight excluding hydrogens is 220 g/mol. The summed E-state index contributed by atoms with van der Waals surface area (Å²) in [6.45, 7) is 7.44. The van der Waals surface area contributed by atoms with E-state index in [0.717, 1.165) is 17.0 Å². The van der Waals surface area contributed by atoms with Crippen molar-refractivity contribution in [2.24, 2.45) is 12.9 Å². The van der Waals surface area contributed by atoms with E-state index in [1.807, 2.05) is 39.3 Å². The average molecular weight is 240 g/mol. The van der Waals surface area contributed by atoms with Crippen LogP contribution in [-0.4, -0.2) is 17.6 Å². The van der Waals surface area contributed by atoms with E-state index < -0.39 is 5.60 Å². The molecule has 96 valence electrons. The molecule has 0 aliphatic heterocycles. The number of rotatable bonds is 3. The first-order valence-electron chi connectivity index (χ1n) is 5.40. The summed E-state index contributed by atoms with van der Waals surface area (Å²) in [7, 11) is 3.26. The Kier molecular flexibility index (Phi) is 3.64. The van der Waals surface area contributed by atoms with Gasteiger partial charge in [0.2, 0.25) is 0 Å². The summed E-state index contributed by atoms with van der Waals surface area (Å²) < 4.78 is 6.75. The third kappa shape index (κ3) is 2.08. The fourth-order valence-corrected chi connectivity index (χ4v) is 2.10. The summed E-state index contributed by atoms with van der Waals surface area (Å²) in [4.78, 5) is 16.8. The zero-order chi connectivity index (χ0) is 13.4. The molecular formula is C12H20N2O3. The van der Waals surface area contributed by atoms with Gasteiger partial charge in [0.15, 0.2) is 0 Å². The summed E-state index contributed by atoms with van der Waals surface area (Å²) >= 11 is 0. The molecule has 0 radical (unpaired) electrons. The SMILES string of the molecule is COC(=O)c1c(C(C)(C)ON)c(C)n(C)c1C. The van der Waals surface area contributed by atoms with Crippen LogP contribution in [0.2, 0.25) is 0 Å². The zero-order valence-electron chi connectivity index (χ0n) is 11.2. The van der Waals surface area contributed by atoms with Gasteiger partial charge in [0.1, 0.15) is 5.60 Å². The minimum atomic E-state index is -0.736. The van der Waals surface area contributed by atoms with Gasteiger partial charge in [-0.2, -0.15) is 0 Å². The Bertz CT molecular complexity index is 447. The van der Waals surface area contributed by atoms with Crippen LogP contribution in [0.25, 0.3) is 0 Å². The molecule has 1 heterocycles. The molecule has 0 fully saturated rings. The molecule has 17 heavy (non-hydrogen) atoms. The largest absolute Gasteiger partial charge is 0.465 e. The van der Waals surface area contributed by atoms with Gasteiger partial charge >= 0.3 is 5.97 Å². The molecule has 0 aliphatic carbocycles. The Morgan fingerprint density at radius 3 is 2.24 bits per heavy atom. The molecule has 0 atom stereocenters. The Morgan fingerprint density at radius 2 is 1.82 bits per heavy atom. The number of esters is 1. The van der Waals surface area contributed by atoms with Crippen LogP contribution in [-0.2, 0) is 22.2 Å². The molecule has 0 unspecified atom stereocenters. The molecule has 0 amide bonds. The van der Waals surface area contributed by atoms with Crippen molar-refractivity contribution in [3.8, 4) is 0 Å². The van der Waals surface area contributed by atoms with Crippen LogP contribution in [0.15, 0.2) is 0 Å². The van der Waals surface area contributed by atoms with Gasteiger partial charge in [-0.3, -0.25) is 4.84 Å². The van der Waals surface area contributed by atoms with Gasteiger partial charge < -0.3 is 9.30 Å². The lowest BCUT2D eigenvalue weighted by Gasteiger charge is -2.23. The van der Waals surface area contributed by atoms with Crippen molar-refractivity contribution >= 4 is 5.97 Å². The molecule has 1 aromatic heterocycles. The highest BCUT2D eigenvalue weighted by Crippen LogP contribution is 2.33. The van der Waals surface area contributed by atoms with Crippen molar-refractivity contribution in [3.63, 3.8) is 0 Å². The quantitative estimate of drug-likeness (QED) is 0.643. The van der Waals surface area contributed by atoms with Crippen molar-refractivity contribution in [2.75, 3.05) is 7.11 Å². The molecule has 0 bridgehead atoms. The fourth-order valence-electron chi connectivity index (χ4n) is 2.10. The van der Waals surface area contributed by atoms with E-state index in [-0.39, 0.29) is 5.97 Å². The topological polar surface area (TPSA) is 66.5 Å². The number of methoxy groups -OCH3 is 1. The number of nitrogens with two attached hydrogens (primary N) is 1. The van der Waals surface area contributed by atoms with Gasteiger partial charge in [0, 0.05) is 24.0 Å². The molecule has 0 saturated carbocycles. The molecule has 0 saturated heterocycles. The van der Waals surface area contributed by atoms with Gasteiger partial charge in [-0.1, -0.05) is 0 Å². The molecule has 2 N–H and O–H groups in total. The minimum absolute atomic E-state index is 0.369. The summed E-state index contributed by atoms with van der Waals surface area (Å²) in [5.41, 5.74) is 2.35. The van der Waals surface area contributed by atoms with E-state index in [4.69, 9.17) is 15.5 Å². The maximum atomic E-state index is 11.9. The number of carbonyl (C=O) groups is 1. The Morgan fingerprint density at radius 1 is 1.29 bits per heavy atom. The van der Waals surface area contributed by atoms with Crippen molar-refractivity contribution in [3.05, 3.63) is 22.5 Å². The first-order valence-corrected chi connectivity index (χ1v) is 5.40. The zero-order valence-corrected chi connectivity index (χ0v) is 11.2. The fraction of sp³-hybridized carbons (Fsp3) is 0.583. The number of ether oxygens (including phenoxy) is 1. The molecule has 1 aromatic rings. The summed E-state index contributed by atoms with van der Waals surface area (Å²) in [5.74, 6) is 4.95. The number of carbonyl (C=O) groups excluding carboxylic acids is 1. The highest BCUT2D eigenvalue weighted by atomic mass is 16.6. The monoisotopic (exact) mass is 240 g/mol. The minimum Gasteiger partial charge on any atom is -0.465 e. The molecule has 0 aromatic carbocycles. The van der Waals surface area contributed by atoms with E-state index >= 15 is 0 Å². The predicted molar refractivity (Wildman–Crippen MR) is 64.5 cm³/mol. The molecule has 5 nitrogen and oxygen atoms in total. The molecule has 0 aliphatic rings. The highest BCUT2D eigenvalue weighted by Gasteiger charge is 2.33. The predicted octanol–water partition coefficient (Wildman–Crippen LogP) is 1.55. The number of hydrogen-bond donors (Lipinski definition) is 1. The lowest BCUT2D eigenvalue weighted by molar-refractivity contribution is -0.0249. The Balaban J connectivity index is 3.58. The first kappa shape index (κ1) is 13.7. The van der Waals surface area contributed by atoms with E-state index in [2.05, 4.69) is 0 Å². The number of aromatic nitrogens is 1. The van der Waals surface area contributed by atoms with Crippen LogP contribution >= 0.6 is 0 Å². The molecule has 5 heteroatoms. The van der Waals surface area contributed by atoms with E-state index in [9.17, 15) is 4.79 Å². The average Bonchev–Trinajstić information content (AvgIpc) is 2.53. The first-order chi connectivity index (χ1) is 7.77. The van der Waals surface area contributed by atoms with Crippen molar-refractivity contribution in [1.29, 1.82) is 0 Å². The van der Waals surface area contributed by atoms with E-state index in [1.54, 1.807) is 0 Å². The molecule has 0 spiro atoms. The maximum absolute atomic E-state index is 11.9. The van der Waals surface area contributed by atoms with Crippen molar-refractivity contribution < 1.29 is 14.4 Å². The van der Waals surface area contributed by atoms with Crippen LogP contribution in [0.3, 0.4) is 0 Å². The van der Waals surface area contributed by atoms with Crippen molar-refractivity contribution in [2.45, 2.75) is 33.3 Å². The second-order valence-electron chi connectivity index (χ2n) is 4.60. The van der Waals surface area contributed by atoms with Gasteiger partial charge in [-0.15, -0.1) is 0 Å². The van der Waals surface area contributed by atoms with Gasteiger partial charge in [0.25, 0.3) is 0 Å². The molecule has 1 rings (SSSR count). The Hall–Kier alpha value is -1.33. The van der Waals surface area contributed by atoms with Crippen LogP contribution < -0.4 is 5.90 Å². The van der Waals surface area contributed by atoms with Gasteiger partial charge in [0.05, 0.1) is 12.7 Å². The smallest absolute Gasteiger partial charge is 0.340 e. The summed E-state index contributed by atoms with van der Waals surface area (Å²) in [5, 5.41) is 0. The normalized spacial score (nSPS) is 11.7. The van der Waals surface area contributed by atoms with Crippen LogP contribution in [0.1, 0.15) is 41.2 Å². The van der Waals surface area contributed by atoms with Crippen LogP contribution in [0.4, 0.5) is 0 Å². The second-order valence-corrected chi connectivity index (χ2v) is 4.60. The van der Waals surface area contributed by atoms with Gasteiger partial charge in [-0.05, 0) is 27.7 Å². The highest BCUT2D eigenvalue weighted by molar-refractivity contribution is 5.93. The third-order valence-electron chi connectivity index (χ3n) is 3.27. The van der Waals surface area contributed by atoms with Crippen LogP contribution in [0, 0.1) is 13.8 Å². The maximum Gasteiger partial charge on any atom is 0.340 e. The van der Waals surface area contributed by atoms with Crippen LogP contribution in [0.5, 0.6) is 0 Å². The third-order valence-corrected chi connectivity index (χ3v) is 3.27. The standard InChI is InChI=1S/C12H20N2O3/c1-7-9(11(15)16-6)10(8(2)14(7)5)12(3,4)17-13/h13H2,1-6H3.